The first-order valence-electron chi connectivity index (χ1n) is 6.89. The summed E-state index contributed by atoms with van der Waals surface area (Å²) in [4.78, 5) is 11.9. The topological polar surface area (TPSA) is 49.3 Å². The Morgan fingerprint density at radius 3 is 1.69 bits per heavy atom. The molecule has 2 rings (SSSR count). The minimum absolute atomic E-state index is 0.169. The first-order valence-corrected chi connectivity index (χ1v) is 6.89. The van der Waals surface area contributed by atoms with Gasteiger partial charge in [-0.3, -0.25) is 4.79 Å². The summed E-state index contributed by atoms with van der Waals surface area (Å²) in [6.45, 7) is 0. The molecule has 0 aliphatic heterocycles. The van der Waals surface area contributed by atoms with E-state index < -0.39 is 35.2 Å². The molecule has 0 saturated carbocycles. The molecule has 26 heavy (non-hydrogen) atoms. The van der Waals surface area contributed by atoms with Gasteiger partial charge >= 0.3 is 12.4 Å². The average molecular weight is 381 g/mol. The molecule has 2 N–H and O–H groups in total. The fraction of sp³-hybridized carbons (Fsp3) is 0.188. The number of nitrogens with one attached hydrogen (secondary N) is 1. The zero-order valence-electron chi connectivity index (χ0n) is 12.6. The molecule has 0 fully saturated rings. The van der Waals surface area contributed by atoms with Gasteiger partial charge in [0.05, 0.1) is 0 Å². The van der Waals surface area contributed by atoms with Crippen molar-refractivity contribution in [3.8, 4) is 0 Å². The molecular weight excluding hydrogens is 371 g/mol. The van der Waals surface area contributed by atoms with Crippen molar-refractivity contribution >= 4 is 11.6 Å². The van der Waals surface area contributed by atoms with Crippen LogP contribution < -0.4 is 5.32 Å². The second-order valence-electron chi connectivity index (χ2n) is 5.24. The largest absolute Gasteiger partial charge is 0.430 e. The molecule has 2 aromatic carbocycles. The summed E-state index contributed by atoms with van der Waals surface area (Å²) < 4.78 is 89.5. The number of hydrogen-bond donors (Lipinski definition) is 2. The summed E-state index contributed by atoms with van der Waals surface area (Å²) >= 11 is 0. The van der Waals surface area contributed by atoms with Crippen molar-refractivity contribution in [2.24, 2.45) is 0 Å². The first kappa shape index (κ1) is 19.7. The predicted molar refractivity (Wildman–Crippen MR) is 76.8 cm³/mol. The summed E-state index contributed by atoms with van der Waals surface area (Å²) in [5, 5.41) is 11.6. The van der Waals surface area contributed by atoms with Gasteiger partial charge in [-0.15, -0.1) is 0 Å². The van der Waals surface area contributed by atoms with Gasteiger partial charge in [-0.25, -0.2) is 4.39 Å². The molecule has 0 radical (unpaired) electrons. The first-order chi connectivity index (χ1) is 11.9. The van der Waals surface area contributed by atoms with Crippen molar-refractivity contribution in [3.63, 3.8) is 0 Å². The van der Waals surface area contributed by atoms with E-state index in [0.29, 0.717) is 24.3 Å². The lowest BCUT2D eigenvalue weighted by Crippen LogP contribution is -2.53. The molecule has 0 aliphatic carbocycles. The van der Waals surface area contributed by atoms with Crippen molar-refractivity contribution in [3.05, 3.63) is 65.5 Å². The molecule has 0 saturated heterocycles. The van der Waals surface area contributed by atoms with Crippen LogP contribution in [0.25, 0.3) is 0 Å². The molecular formula is C16H10F7NO2. The van der Waals surface area contributed by atoms with Crippen LogP contribution in [0.4, 0.5) is 36.4 Å². The molecule has 0 spiro atoms. The van der Waals surface area contributed by atoms with E-state index in [1.54, 1.807) is 0 Å². The smallest absolute Gasteiger partial charge is 0.369 e. The number of carbonyl (C=O) groups is 1. The highest BCUT2D eigenvalue weighted by Gasteiger charge is 2.71. The molecule has 3 nitrogen and oxygen atoms in total. The van der Waals surface area contributed by atoms with Gasteiger partial charge < -0.3 is 10.4 Å². The molecule has 1 amide bonds. The fourth-order valence-corrected chi connectivity index (χ4v) is 2.09. The molecule has 10 heteroatoms. The average Bonchev–Trinajstić information content (AvgIpc) is 2.54. The standard InChI is InChI=1S/C16H10F7NO2/c17-11-5-7-12(8-6-11)24-13(25)9-1-3-10(4-2-9)14(26,15(18,19)20)16(21,22)23/h1-8,26H,(H,24,25). The zero-order chi connectivity index (χ0) is 19.8. The number of carbonyl (C=O) groups excluding carboxylic acids is 1. The van der Waals surface area contributed by atoms with E-state index in [1.165, 1.54) is 12.1 Å². The number of aliphatic hydroxyl groups is 1. The SMILES string of the molecule is O=C(Nc1ccc(F)cc1)c1ccc(C(O)(C(F)(F)F)C(F)(F)F)cc1. The molecule has 0 bridgehead atoms. The van der Waals surface area contributed by atoms with Crippen LogP contribution in [0.2, 0.25) is 0 Å². The van der Waals surface area contributed by atoms with Crippen LogP contribution >= 0.6 is 0 Å². The molecule has 0 aliphatic rings. The maximum Gasteiger partial charge on any atom is 0.430 e. The molecule has 140 valence electrons. The molecule has 0 heterocycles. The van der Waals surface area contributed by atoms with Crippen LogP contribution in [0.5, 0.6) is 0 Å². The van der Waals surface area contributed by atoms with Gasteiger partial charge in [-0.05, 0) is 36.4 Å². The van der Waals surface area contributed by atoms with E-state index in [-0.39, 0.29) is 11.3 Å². The van der Waals surface area contributed by atoms with Gasteiger partial charge in [-0.2, -0.15) is 26.3 Å². The Bertz CT molecular complexity index is 766. The Kier molecular flexibility index (Phi) is 5.00. The number of hydrogen-bond acceptors (Lipinski definition) is 2. The third-order valence-electron chi connectivity index (χ3n) is 3.49. The molecule has 0 aromatic heterocycles. The monoisotopic (exact) mass is 381 g/mol. The summed E-state index contributed by atoms with van der Waals surface area (Å²) in [5.74, 6) is -1.41. The lowest BCUT2D eigenvalue weighted by Gasteiger charge is -2.32. The van der Waals surface area contributed by atoms with Gasteiger partial charge in [0.15, 0.2) is 0 Å². The van der Waals surface area contributed by atoms with Crippen molar-refractivity contribution in [1.29, 1.82) is 0 Å². The lowest BCUT2D eigenvalue weighted by atomic mass is 9.91. The zero-order valence-corrected chi connectivity index (χ0v) is 12.6. The van der Waals surface area contributed by atoms with Crippen molar-refractivity contribution < 1.29 is 40.6 Å². The minimum Gasteiger partial charge on any atom is -0.369 e. The van der Waals surface area contributed by atoms with Crippen LogP contribution in [0.15, 0.2) is 48.5 Å². The van der Waals surface area contributed by atoms with Crippen LogP contribution in [-0.4, -0.2) is 23.4 Å². The summed E-state index contributed by atoms with van der Waals surface area (Å²) in [6.07, 6.45) is -12.0. The van der Waals surface area contributed by atoms with E-state index in [1.807, 2.05) is 0 Å². The number of alkyl halides is 6. The Morgan fingerprint density at radius 1 is 0.808 bits per heavy atom. The van der Waals surface area contributed by atoms with E-state index in [2.05, 4.69) is 5.32 Å². The Morgan fingerprint density at radius 2 is 1.27 bits per heavy atom. The van der Waals surface area contributed by atoms with Gasteiger partial charge in [0, 0.05) is 16.8 Å². The molecule has 0 atom stereocenters. The van der Waals surface area contributed by atoms with Crippen LogP contribution in [0.3, 0.4) is 0 Å². The van der Waals surface area contributed by atoms with Gasteiger partial charge in [0.25, 0.3) is 11.5 Å². The highest BCUT2D eigenvalue weighted by molar-refractivity contribution is 6.04. The maximum absolute atomic E-state index is 12.8. The van der Waals surface area contributed by atoms with E-state index >= 15 is 0 Å². The van der Waals surface area contributed by atoms with Gasteiger partial charge in [0.2, 0.25) is 0 Å². The predicted octanol–water partition coefficient (Wildman–Crippen LogP) is 4.39. The maximum atomic E-state index is 12.8. The van der Waals surface area contributed by atoms with E-state index in [4.69, 9.17) is 0 Å². The highest BCUT2D eigenvalue weighted by Crippen LogP contribution is 2.49. The van der Waals surface area contributed by atoms with Gasteiger partial charge in [0.1, 0.15) is 5.82 Å². The second-order valence-corrected chi connectivity index (χ2v) is 5.24. The third kappa shape index (κ3) is 3.64. The third-order valence-corrected chi connectivity index (χ3v) is 3.49. The number of amides is 1. The molecule has 2 aromatic rings. The Balaban J connectivity index is 2.29. The van der Waals surface area contributed by atoms with E-state index in [9.17, 15) is 40.6 Å². The second kappa shape index (κ2) is 6.60. The van der Waals surface area contributed by atoms with Crippen molar-refractivity contribution in [2.75, 3.05) is 5.32 Å². The Hall–Kier alpha value is -2.62. The summed E-state index contributed by atoms with van der Waals surface area (Å²) in [5.41, 5.74) is -6.63. The van der Waals surface area contributed by atoms with Crippen LogP contribution in [-0.2, 0) is 5.60 Å². The lowest BCUT2D eigenvalue weighted by molar-refractivity contribution is -0.376. The van der Waals surface area contributed by atoms with Crippen molar-refractivity contribution in [1.82, 2.24) is 0 Å². The van der Waals surface area contributed by atoms with Crippen LogP contribution in [0, 0.1) is 5.82 Å². The number of rotatable bonds is 3. The van der Waals surface area contributed by atoms with Crippen LogP contribution in [0.1, 0.15) is 15.9 Å². The summed E-state index contributed by atoms with van der Waals surface area (Å²) in [7, 11) is 0. The Labute approximate surface area is 142 Å². The van der Waals surface area contributed by atoms with Crippen molar-refractivity contribution in [2.45, 2.75) is 18.0 Å². The summed E-state index contributed by atoms with van der Waals surface area (Å²) in [6, 6.07) is 6.66. The highest BCUT2D eigenvalue weighted by atomic mass is 19.4. The minimum atomic E-state index is -6.01. The van der Waals surface area contributed by atoms with E-state index in [0.717, 1.165) is 12.1 Å². The normalized spacial score (nSPS) is 12.8. The van der Waals surface area contributed by atoms with Gasteiger partial charge in [-0.1, -0.05) is 12.1 Å². The number of halogens is 7. The molecule has 0 unspecified atom stereocenters. The fourth-order valence-electron chi connectivity index (χ4n) is 2.09. The number of benzene rings is 2. The quantitative estimate of drug-likeness (QED) is 0.775. The number of anilines is 1.